The molecule has 0 amide bonds. The van der Waals surface area contributed by atoms with Gasteiger partial charge in [-0.3, -0.25) is 4.72 Å². The molecule has 8 nitrogen and oxygen atoms in total. The number of hydrogen-bond acceptors (Lipinski definition) is 8. The van der Waals surface area contributed by atoms with E-state index in [1.54, 1.807) is 0 Å². The highest BCUT2D eigenvalue weighted by molar-refractivity contribution is 7.92. The van der Waals surface area contributed by atoms with Crippen LogP contribution in [-0.2, 0) is 25.3 Å². The Kier molecular flexibility index (Phi) is 6.37. The van der Waals surface area contributed by atoms with Gasteiger partial charge in [-0.05, 0) is 18.2 Å². The third-order valence-electron chi connectivity index (χ3n) is 4.05. The van der Waals surface area contributed by atoms with Crippen molar-refractivity contribution in [3.63, 3.8) is 0 Å². The molecule has 0 aliphatic rings. The molecular formula is C19H20ClFN4O4S3. The van der Waals surface area contributed by atoms with Gasteiger partial charge in [-0.25, -0.2) is 36.2 Å². The Labute approximate surface area is 194 Å². The van der Waals surface area contributed by atoms with E-state index in [1.165, 1.54) is 23.6 Å². The lowest BCUT2D eigenvalue weighted by molar-refractivity contribution is 0.586. The van der Waals surface area contributed by atoms with E-state index in [9.17, 15) is 21.2 Å². The number of sulfone groups is 1. The van der Waals surface area contributed by atoms with Crippen molar-refractivity contribution in [1.82, 2.24) is 15.0 Å². The zero-order chi connectivity index (χ0) is 24.1. The van der Waals surface area contributed by atoms with Gasteiger partial charge in [0.1, 0.15) is 5.82 Å². The molecule has 13 heteroatoms. The molecule has 3 aromatic rings. The van der Waals surface area contributed by atoms with Gasteiger partial charge in [0, 0.05) is 23.4 Å². The highest BCUT2D eigenvalue weighted by Gasteiger charge is 2.27. The molecule has 1 aromatic carbocycles. The van der Waals surface area contributed by atoms with Gasteiger partial charge in [-0.2, -0.15) is 0 Å². The Morgan fingerprint density at radius 2 is 1.75 bits per heavy atom. The minimum atomic E-state index is -3.72. The Bertz CT molecular complexity index is 1410. The minimum absolute atomic E-state index is 0.0544. The number of hydrogen-bond donors (Lipinski definition) is 1. The first-order valence-corrected chi connectivity index (χ1v) is 14.1. The minimum Gasteiger partial charge on any atom is -0.282 e. The summed E-state index contributed by atoms with van der Waals surface area (Å²) in [6.07, 6.45) is 3.23. The van der Waals surface area contributed by atoms with Crippen LogP contribution in [-0.4, -0.2) is 44.3 Å². The van der Waals surface area contributed by atoms with Crippen LogP contribution in [0.25, 0.3) is 21.8 Å². The average Bonchev–Trinajstić information content (AvgIpc) is 3.08. The van der Waals surface area contributed by atoms with Gasteiger partial charge >= 0.3 is 0 Å². The van der Waals surface area contributed by atoms with E-state index in [4.69, 9.17) is 11.6 Å². The van der Waals surface area contributed by atoms with Crippen molar-refractivity contribution in [2.24, 2.45) is 0 Å². The molecule has 32 heavy (non-hydrogen) atoms. The smallest absolute Gasteiger partial charge is 0.247 e. The maximum Gasteiger partial charge on any atom is 0.247 e. The fraction of sp³-hybridized carbons (Fsp3) is 0.316. The zero-order valence-corrected chi connectivity index (χ0v) is 21.0. The standard InChI is InChI=1S/C19H20ClFN4O4S3/c1-19(2,3)17-24-15(11-8-10(21)9-13(14(11)20)25-32(5,28)29)16(30-17)12-6-7-22-18(23-12)31(4,26)27/h6-9,25H,1-5H3. The molecule has 0 bridgehead atoms. The van der Waals surface area contributed by atoms with Crippen molar-refractivity contribution < 1.29 is 21.2 Å². The second-order valence-electron chi connectivity index (χ2n) is 8.13. The molecule has 0 atom stereocenters. The maximum atomic E-state index is 14.4. The van der Waals surface area contributed by atoms with Gasteiger partial charge in [-0.15, -0.1) is 11.3 Å². The molecular weight excluding hydrogens is 499 g/mol. The monoisotopic (exact) mass is 518 g/mol. The molecule has 0 saturated carbocycles. The zero-order valence-electron chi connectivity index (χ0n) is 17.8. The van der Waals surface area contributed by atoms with Gasteiger partial charge in [0.05, 0.1) is 38.2 Å². The third-order valence-corrected chi connectivity index (χ3v) is 7.42. The Hall–Kier alpha value is -2.15. The molecule has 0 aliphatic heterocycles. The maximum absolute atomic E-state index is 14.4. The highest BCUT2D eigenvalue weighted by Crippen LogP contribution is 2.44. The van der Waals surface area contributed by atoms with Crippen LogP contribution >= 0.6 is 22.9 Å². The number of aromatic nitrogens is 3. The number of thiazole rings is 1. The fourth-order valence-electron chi connectivity index (χ4n) is 2.68. The van der Waals surface area contributed by atoms with Crippen molar-refractivity contribution in [3.8, 4) is 21.8 Å². The summed E-state index contributed by atoms with van der Waals surface area (Å²) in [5, 5.41) is 0.248. The van der Waals surface area contributed by atoms with Gasteiger partial charge in [0.2, 0.25) is 25.0 Å². The number of nitrogens with zero attached hydrogens (tertiary/aromatic N) is 3. The van der Waals surface area contributed by atoms with Crippen molar-refractivity contribution in [1.29, 1.82) is 0 Å². The van der Waals surface area contributed by atoms with Crippen molar-refractivity contribution in [2.45, 2.75) is 31.3 Å². The quantitative estimate of drug-likeness (QED) is 0.504. The first-order valence-electron chi connectivity index (χ1n) is 9.08. The van der Waals surface area contributed by atoms with Gasteiger partial charge < -0.3 is 0 Å². The molecule has 0 saturated heterocycles. The molecule has 172 valence electrons. The topological polar surface area (TPSA) is 119 Å². The molecule has 0 fully saturated rings. The van der Waals surface area contributed by atoms with Crippen LogP contribution in [0.15, 0.2) is 29.6 Å². The summed E-state index contributed by atoms with van der Waals surface area (Å²) in [5.74, 6) is -0.730. The molecule has 0 spiro atoms. The van der Waals surface area contributed by atoms with Gasteiger partial charge in [-0.1, -0.05) is 32.4 Å². The summed E-state index contributed by atoms with van der Waals surface area (Å²) in [6, 6.07) is 3.62. The van der Waals surface area contributed by atoms with Crippen molar-refractivity contribution in [2.75, 3.05) is 17.2 Å². The lowest BCUT2D eigenvalue weighted by atomic mass is 9.98. The molecule has 0 radical (unpaired) electrons. The summed E-state index contributed by atoms with van der Waals surface area (Å²) in [5.41, 5.74) is 0.123. The summed E-state index contributed by atoms with van der Waals surface area (Å²) in [4.78, 5) is 13.0. The SMILES string of the molecule is CC(C)(C)c1nc(-c2cc(F)cc(NS(C)(=O)=O)c2Cl)c(-c2ccnc(S(C)(=O)=O)n2)s1. The Morgan fingerprint density at radius 1 is 1.09 bits per heavy atom. The summed E-state index contributed by atoms with van der Waals surface area (Å²) >= 11 is 7.70. The number of halogens is 2. The number of benzene rings is 1. The second-order valence-corrected chi connectivity index (χ2v) is 13.2. The van der Waals surface area contributed by atoms with E-state index in [1.807, 2.05) is 20.8 Å². The first kappa shape index (κ1) is 24.5. The van der Waals surface area contributed by atoms with Crippen LogP contribution < -0.4 is 4.72 Å². The molecule has 3 rings (SSSR count). The van der Waals surface area contributed by atoms with E-state index in [-0.39, 0.29) is 32.8 Å². The number of sulfonamides is 1. The molecule has 0 unspecified atom stereocenters. The van der Waals surface area contributed by atoms with Crippen LogP contribution in [0.5, 0.6) is 0 Å². The van der Waals surface area contributed by atoms with Crippen molar-refractivity contribution >= 4 is 48.5 Å². The Morgan fingerprint density at radius 3 is 2.31 bits per heavy atom. The molecule has 2 heterocycles. The van der Waals surface area contributed by atoms with Crippen LogP contribution in [0.4, 0.5) is 10.1 Å². The summed E-state index contributed by atoms with van der Waals surface area (Å²) < 4.78 is 63.9. The summed E-state index contributed by atoms with van der Waals surface area (Å²) in [7, 11) is -7.40. The van der Waals surface area contributed by atoms with Crippen LogP contribution in [0.3, 0.4) is 0 Å². The van der Waals surface area contributed by atoms with E-state index >= 15 is 0 Å². The van der Waals surface area contributed by atoms with Crippen molar-refractivity contribution in [3.05, 3.63) is 40.2 Å². The lowest BCUT2D eigenvalue weighted by Gasteiger charge is -2.14. The third kappa shape index (κ3) is 5.42. The normalized spacial score (nSPS) is 12.7. The number of nitrogens with one attached hydrogen (secondary N) is 1. The molecule has 2 aromatic heterocycles. The van der Waals surface area contributed by atoms with Gasteiger partial charge in [0.15, 0.2) is 0 Å². The van der Waals surface area contributed by atoms with E-state index in [0.717, 1.165) is 24.6 Å². The first-order chi connectivity index (χ1) is 14.6. The Balaban J connectivity index is 2.33. The van der Waals surface area contributed by atoms with Crippen LogP contribution in [0.1, 0.15) is 25.8 Å². The fourth-order valence-corrected chi connectivity index (χ4v) is 5.16. The van der Waals surface area contributed by atoms with E-state index in [2.05, 4.69) is 19.7 Å². The lowest BCUT2D eigenvalue weighted by Crippen LogP contribution is -2.11. The van der Waals surface area contributed by atoms with Crippen LogP contribution in [0, 0.1) is 5.82 Å². The highest BCUT2D eigenvalue weighted by atomic mass is 35.5. The number of anilines is 1. The summed E-state index contributed by atoms with van der Waals surface area (Å²) in [6.45, 7) is 5.81. The average molecular weight is 519 g/mol. The van der Waals surface area contributed by atoms with Gasteiger partial charge in [0.25, 0.3) is 0 Å². The predicted molar refractivity (Wildman–Crippen MR) is 124 cm³/mol. The van der Waals surface area contributed by atoms with Crippen LogP contribution in [0.2, 0.25) is 5.02 Å². The molecule has 0 aliphatic carbocycles. The van der Waals surface area contributed by atoms with E-state index < -0.39 is 31.1 Å². The largest absolute Gasteiger partial charge is 0.282 e. The number of rotatable bonds is 5. The van der Waals surface area contributed by atoms with E-state index in [0.29, 0.717) is 9.88 Å². The molecule has 1 N–H and O–H groups in total. The predicted octanol–water partition coefficient (Wildman–Crippen LogP) is 4.13. The second kappa shape index (κ2) is 8.32.